The molecule has 0 heterocycles. The third-order valence-corrected chi connectivity index (χ3v) is 2.43. The number of oxime groups is 1. The molecule has 0 fully saturated rings. The Bertz CT molecular complexity index is 193. The predicted molar refractivity (Wildman–Crippen MR) is 61.0 cm³/mol. The van der Waals surface area contributed by atoms with Crippen molar-refractivity contribution < 1.29 is 10.3 Å². The summed E-state index contributed by atoms with van der Waals surface area (Å²) in [6, 6.07) is 0. The van der Waals surface area contributed by atoms with Gasteiger partial charge in [-0.25, -0.2) is 0 Å². The molecule has 15 heavy (non-hydrogen) atoms. The SMILES string of the molecule is CCC(C)(O)CNCCCCC(N)=NO. The zero-order chi connectivity index (χ0) is 11.7. The Morgan fingerprint density at radius 1 is 1.47 bits per heavy atom. The number of nitrogens with two attached hydrogens (primary N) is 1. The van der Waals surface area contributed by atoms with Gasteiger partial charge in [-0.05, 0) is 32.7 Å². The minimum absolute atomic E-state index is 0.274. The lowest BCUT2D eigenvalue weighted by molar-refractivity contribution is 0.0560. The first-order valence-electron chi connectivity index (χ1n) is 5.41. The summed E-state index contributed by atoms with van der Waals surface area (Å²) in [6.07, 6.45) is 3.19. The van der Waals surface area contributed by atoms with Gasteiger partial charge in [0, 0.05) is 13.0 Å². The van der Waals surface area contributed by atoms with Crippen LogP contribution in [0.25, 0.3) is 0 Å². The molecule has 5 heteroatoms. The molecule has 0 aliphatic carbocycles. The van der Waals surface area contributed by atoms with Crippen molar-refractivity contribution in [2.24, 2.45) is 10.9 Å². The van der Waals surface area contributed by atoms with Gasteiger partial charge in [0.05, 0.1) is 5.60 Å². The van der Waals surface area contributed by atoms with Gasteiger partial charge < -0.3 is 21.4 Å². The summed E-state index contributed by atoms with van der Waals surface area (Å²) in [5.41, 5.74) is 4.70. The average Bonchev–Trinajstić information content (AvgIpc) is 2.22. The van der Waals surface area contributed by atoms with E-state index in [1.165, 1.54) is 0 Å². The van der Waals surface area contributed by atoms with Crippen LogP contribution in [0.1, 0.15) is 39.5 Å². The lowest BCUT2D eigenvalue weighted by Crippen LogP contribution is -2.37. The fraction of sp³-hybridized carbons (Fsp3) is 0.900. The molecule has 0 amide bonds. The molecular formula is C10H23N3O2. The molecule has 0 aromatic carbocycles. The third-order valence-electron chi connectivity index (χ3n) is 2.43. The molecule has 0 aromatic rings. The van der Waals surface area contributed by atoms with Crippen LogP contribution in [0.15, 0.2) is 5.16 Å². The number of hydrogen-bond acceptors (Lipinski definition) is 4. The second kappa shape index (κ2) is 7.48. The summed E-state index contributed by atoms with van der Waals surface area (Å²) < 4.78 is 0. The molecule has 1 atom stereocenters. The maximum absolute atomic E-state index is 9.67. The molecule has 5 N–H and O–H groups in total. The summed E-state index contributed by atoms with van der Waals surface area (Å²) in [5, 5.41) is 24.0. The molecule has 0 spiro atoms. The van der Waals surface area contributed by atoms with Crippen LogP contribution in [-0.4, -0.2) is 34.8 Å². The monoisotopic (exact) mass is 217 g/mol. The Hall–Kier alpha value is -0.810. The van der Waals surface area contributed by atoms with Crippen molar-refractivity contribution in [2.75, 3.05) is 13.1 Å². The second-order valence-electron chi connectivity index (χ2n) is 4.08. The summed E-state index contributed by atoms with van der Waals surface area (Å²) in [6.45, 7) is 5.22. The van der Waals surface area contributed by atoms with Crippen molar-refractivity contribution in [2.45, 2.75) is 45.1 Å². The van der Waals surface area contributed by atoms with Crippen molar-refractivity contribution in [1.29, 1.82) is 0 Å². The Balaban J connectivity index is 3.33. The van der Waals surface area contributed by atoms with Crippen molar-refractivity contribution in [3.8, 4) is 0 Å². The van der Waals surface area contributed by atoms with E-state index in [0.717, 1.165) is 25.8 Å². The first-order valence-corrected chi connectivity index (χ1v) is 5.41. The number of rotatable bonds is 8. The van der Waals surface area contributed by atoms with Crippen LogP contribution >= 0.6 is 0 Å². The smallest absolute Gasteiger partial charge is 0.139 e. The van der Waals surface area contributed by atoms with Crippen LogP contribution in [0.2, 0.25) is 0 Å². The number of hydrogen-bond donors (Lipinski definition) is 4. The first kappa shape index (κ1) is 14.2. The van der Waals surface area contributed by atoms with Gasteiger partial charge in [0.1, 0.15) is 5.84 Å². The van der Waals surface area contributed by atoms with E-state index in [1.54, 1.807) is 0 Å². The number of nitrogens with zero attached hydrogens (tertiary/aromatic N) is 1. The highest BCUT2D eigenvalue weighted by molar-refractivity contribution is 5.79. The van der Waals surface area contributed by atoms with Gasteiger partial charge >= 0.3 is 0 Å². The minimum Gasteiger partial charge on any atom is -0.409 e. The van der Waals surface area contributed by atoms with E-state index in [-0.39, 0.29) is 5.84 Å². The van der Waals surface area contributed by atoms with Gasteiger partial charge in [-0.1, -0.05) is 12.1 Å². The van der Waals surface area contributed by atoms with Gasteiger partial charge in [-0.3, -0.25) is 0 Å². The molecule has 0 aromatic heterocycles. The summed E-state index contributed by atoms with van der Waals surface area (Å²) >= 11 is 0. The van der Waals surface area contributed by atoms with E-state index in [1.807, 2.05) is 13.8 Å². The van der Waals surface area contributed by atoms with E-state index >= 15 is 0 Å². The molecule has 0 rings (SSSR count). The number of amidine groups is 1. The van der Waals surface area contributed by atoms with Crippen LogP contribution in [0.5, 0.6) is 0 Å². The van der Waals surface area contributed by atoms with E-state index in [9.17, 15) is 5.11 Å². The highest BCUT2D eigenvalue weighted by Gasteiger charge is 2.15. The zero-order valence-corrected chi connectivity index (χ0v) is 9.66. The molecule has 1 unspecified atom stereocenters. The maximum Gasteiger partial charge on any atom is 0.139 e. The molecule has 0 aliphatic rings. The van der Waals surface area contributed by atoms with Crippen molar-refractivity contribution >= 4 is 5.84 Å². The van der Waals surface area contributed by atoms with Gasteiger partial charge in [0.25, 0.3) is 0 Å². The molecule has 0 saturated heterocycles. The molecule has 90 valence electrons. The van der Waals surface area contributed by atoms with Crippen LogP contribution in [0.4, 0.5) is 0 Å². The van der Waals surface area contributed by atoms with E-state index in [0.29, 0.717) is 13.0 Å². The van der Waals surface area contributed by atoms with Gasteiger partial charge in [-0.2, -0.15) is 0 Å². The van der Waals surface area contributed by atoms with Crippen molar-refractivity contribution in [1.82, 2.24) is 5.32 Å². The fourth-order valence-electron chi connectivity index (χ4n) is 1.09. The second-order valence-corrected chi connectivity index (χ2v) is 4.08. The standard InChI is InChI=1S/C10H23N3O2/c1-3-10(2,14)8-12-7-5-4-6-9(11)13-15/h12,14-15H,3-8H2,1-2H3,(H2,11,13). The number of nitrogens with one attached hydrogen (secondary N) is 1. The topological polar surface area (TPSA) is 90.9 Å². The quantitative estimate of drug-likeness (QED) is 0.158. The van der Waals surface area contributed by atoms with Crippen LogP contribution in [0.3, 0.4) is 0 Å². The number of aliphatic hydroxyl groups is 1. The summed E-state index contributed by atoms with van der Waals surface area (Å²) in [5.74, 6) is 0.274. The first-order chi connectivity index (χ1) is 7.02. The zero-order valence-electron chi connectivity index (χ0n) is 9.66. The fourth-order valence-corrected chi connectivity index (χ4v) is 1.09. The van der Waals surface area contributed by atoms with Gasteiger partial charge in [-0.15, -0.1) is 0 Å². The normalized spacial score (nSPS) is 16.3. The Labute approximate surface area is 91.4 Å². The molecule has 0 saturated carbocycles. The summed E-state index contributed by atoms with van der Waals surface area (Å²) in [7, 11) is 0. The Morgan fingerprint density at radius 3 is 2.67 bits per heavy atom. The highest BCUT2D eigenvalue weighted by atomic mass is 16.4. The lowest BCUT2D eigenvalue weighted by Gasteiger charge is -2.21. The molecule has 0 aliphatic heterocycles. The Kier molecular flexibility index (Phi) is 7.07. The largest absolute Gasteiger partial charge is 0.409 e. The average molecular weight is 217 g/mol. The number of unbranched alkanes of at least 4 members (excludes halogenated alkanes) is 1. The van der Waals surface area contributed by atoms with Gasteiger partial charge in [0.2, 0.25) is 0 Å². The molecular weight excluding hydrogens is 194 g/mol. The van der Waals surface area contributed by atoms with Crippen LogP contribution < -0.4 is 11.1 Å². The predicted octanol–water partition coefficient (Wildman–Crippen LogP) is 0.654. The maximum atomic E-state index is 9.67. The van der Waals surface area contributed by atoms with Gasteiger partial charge in [0.15, 0.2) is 0 Å². The van der Waals surface area contributed by atoms with Crippen molar-refractivity contribution in [3.63, 3.8) is 0 Å². The highest BCUT2D eigenvalue weighted by Crippen LogP contribution is 2.05. The van der Waals surface area contributed by atoms with Crippen LogP contribution in [0, 0.1) is 0 Å². The van der Waals surface area contributed by atoms with Crippen LogP contribution in [-0.2, 0) is 0 Å². The molecule has 5 nitrogen and oxygen atoms in total. The lowest BCUT2D eigenvalue weighted by atomic mass is 10.0. The van der Waals surface area contributed by atoms with E-state index in [4.69, 9.17) is 10.9 Å². The Morgan fingerprint density at radius 2 is 2.13 bits per heavy atom. The summed E-state index contributed by atoms with van der Waals surface area (Å²) in [4.78, 5) is 0. The minimum atomic E-state index is -0.619. The van der Waals surface area contributed by atoms with E-state index < -0.39 is 5.60 Å². The molecule has 0 radical (unpaired) electrons. The van der Waals surface area contributed by atoms with Crippen molar-refractivity contribution in [3.05, 3.63) is 0 Å². The third kappa shape index (κ3) is 8.20. The molecule has 0 bridgehead atoms. The van der Waals surface area contributed by atoms with E-state index in [2.05, 4.69) is 10.5 Å².